The quantitative estimate of drug-likeness (QED) is 0.0411. The fourth-order valence-electron chi connectivity index (χ4n) is 4.96. The summed E-state index contributed by atoms with van der Waals surface area (Å²) in [7, 11) is 0. The van der Waals surface area contributed by atoms with E-state index in [0.717, 1.165) is 18.2 Å². The molecule has 0 amide bonds. The molecule has 4 aromatic rings. The summed E-state index contributed by atoms with van der Waals surface area (Å²) < 4.78 is 39.4. The average Bonchev–Trinajstić information content (AvgIpc) is 3.11. The van der Waals surface area contributed by atoms with Crippen molar-refractivity contribution < 1.29 is 23.0 Å². The van der Waals surface area contributed by atoms with Gasteiger partial charge in [0, 0.05) is 6.07 Å². The molecule has 252 valence electrons. The molecule has 0 radical (unpaired) electrons. The van der Waals surface area contributed by atoms with Gasteiger partial charge in [0.1, 0.15) is 11.4 Å². The van der Waals surface area contributed by atoms with Crippen molar-refractivity contribution in [2.24, 2.45) is 20.5 Å². The minimum atomic E-state index is -0.806. The van der Waals surface area contributed by atoms with Crippen molar-refractivity contribution in [3.8, 4) is 11.5 Å². The molecule has 0 unspecified atom stereocenters. The zero-order valence-corrected chi connectivity index (χ0v) is 27.6. The maximum absolute atomic E-state index is 14.6. The molecule has 0 aliphatic heterocycles. The Labute approximate surface area is 282 Å². The Kier molecular flexibility index (Phi) is 15.4. The fraction of sp³-hybridized carbons (Fsp3) is 0.359. The van der Waals surface area contributed by atoms with E-state index in [4.69, 9.17) is 9.47 Å². The van der Waals surface area contributed by atoms with Crippen molar-refractivity contribution in [1.82, 2.24) is 0 Å². The number of benzene rings is 4. The van der Waals surface area contributed by atoms with Gasteiger partial charge in [0.05, 0.1) is 29.2 Å². The molecule has 0 aliphatic carbocycles. The standard InChI is InChI=1S/C39H44F2N4O3/c1-2-3-4-5-6-7-8-9-10-11-12-15-28-47-34-25-22-32(23-26-34)43-42-31-20-18-30(19-21-31)39(46)48-38-27-24-33(29-36(38)41)44-45-37-17-14-13-16-35(37)40/h13-14,16-27,29H,2-12,15,28H2,1H3. The monoisotopic (exact) mass is 654 g/mol. The largest absolute Gasteiger partial charge is 0.494 e. The Hall–Kier alpha value is -4.79. The molecule has 0 heterocycles. The molecule has 0 N–H and O–H groups in total. The van der Waals surface area contributed by atoms with Crippen LogP contribution in [0.15, 0.2) is 111 Å². The molecule has 7 nitrogen and oxygen atoms in total. The summed E-state index contributed by atoms with van der Waals surface area (Å²) in [5.41, 5.74) is 1.59. The summed E-state index contributed by atoms with van der Waals surface area (Å²) in [5, 5.41) is 16.1. The first kappa shape index (κ1) is 36.1. The lowest BCUT2D eigenvalue weighted by Crippen LogP contribution is -2.09. The van der Waals surface area contributed by atoms with E-state index in [1.165, 1.54) is 113 Å². The summed E-state index contributed by atoms with van der Waals surface area (Å²) >= 11 is 0. The number of unbranched alkanes of at least 4 members (excludes halogenated alkanes) is 11. The SMILES string of the molecule is CCCCCCCCCCCCCCOc1ccc(N=Nc2ccc(C(=O)Oc3ccc(N=Nc4ccccc4F)cc3F)cc2)cc1. The van der Waals surface area contributed by atoms with Crippen LogP contribution in [0.2, 0.25) is 0 Å². The molecule has 0 aliphatic rings. The van der Waals surface area contributed by atoms with E-state index in [1.807, 2.05) is 24.3 Å². The molecule has 9 heteroatoms. The van der Waals surface area contributed by atoms with Gasteiger partial charge in [-0.2, -0.15) is 15.3 Å². The number of halogens is 2. The highest BCUT2D eigenvalue weighted by Gasteiger charge is 2.13. The van der Waals surface area contributed by atoms with E-state index < -0.39 is 17.6 Å². The first-order chi connectivity index (χ1) is 23.5. The second kappa shape index (κ2) is 20.4. The van der Waals surface area contributed by atoms with Gasteiger partial charge in [-0.3, -0.25) is 0 Å². The zero-order valence-electron chi connectivity index (χ0n) is 27.6. The van der Waals surface area contributed by atoms with Crippen LogP contribution in [-0.2, 0) is 0 Å². The molecule has 0 aromatic heterocycles. The van der Waals surface area contributed by atoms with Crippen molar-refractivity contribution in [2.75, 3.05) is 6.61 Å². The van der Waals surface area contributed by atoms with Crippen molar-refractivity contribution in [1.29, 1.82) is 0 Å². The third-order valence-electron chi connectivity index (χ3n) is 7.73. The van der Waals surface area contributed by atoms with E-state index in [2.05, 4.69) is 27.4 Å². The maximum atomic E-state index is 14.6. The van der Waals surface area contributed by atoms with Crippen molar-refractivity contribution in [3.63, 3.8) is 0 Å². The third-order valence-corrected chi connectivity index (χ3v) is 7.73. The lowest BCUT2D eigenvalue weighted by atomic mass is 10.1. The molecule has 0 saturated heterocycles. The van der Waals surface area contributed by atoms with Gasteiger partial charge in [-0.15, -0.1) is 5.11 Å². The Bertz CT molecular complexity index is 1610. The molecule has 0 fully saturated rings. The van der Waals surface area contributed by atoms with E-state index in [1.54, 1.807) is 18.2 Å². The van der Waals surface area contributed by atoms with Crippen LogP contribution < -0.4 is 9.47 Å². The number of ether oxygens (including phenoxy) is 2. The molecule has 48 heavy (non-hydrogen) atoms. The number of nitrogens with zero attached hydrogens (tertiary/aromatic N) is 4. The van der Waals surface area contributed by atoms with Crippen LogP contribution >= 0.6 is 0 Å². The number of azo groups is 2. The van der Waals surface area contributed by atoms with Gasteiger partial charge in [-0.05, 0) is 79.2 Å². The highest BCUT2D eigenvalue weighted by atomic mass is 19.1. The number of rotatable bonds is 20. The van der Waals surface area contributed by atoms with Gasteiger partial charge in [-0.1, -0.05) is 89.7 Å². The van der Waals surface area contributed by atoms with Gasteiger partial charge in [-0.25, -0.2) is 13.6 Å². The van der Waals surface area contributed by atoms with Crippen LogP contribution in [0.3, 0.4) is 0 Å². The van der Waals surface area contributed by atoms with Gasteiger partial charge >= 0.3 is 5.97 Å². The highest BCUT2D eigenvalue weighted by Crippen LogP contribution is 2.27. The Morgan fingerprint density at radius 3 is 1.73 bits per heavy atom. The Morgan fingerprint density at radius 1 is 0.583 bits per heavy atom. The first-order valence-corrected chi connectivity index (χ1v) is 16.9. The van der Waals surface area contributed by atoms with E-state index in [9.17, 15) is 13.6 Å². The lowest BCUT2D eigenvalue weighted by molar-refractivity contribution is 0.0728. The maximum Gasteiger partial charge on any atom is 0.343 e. The van der Waals surface area contributed by atoms with Crippen LogP contribution in [-0.4, -0.2) is 12.6 Å². The van der Waals surface area contributed by atoms with E-state index in [-0.39, 0.29) is 22.7 Å². The Morgan fingerprint density at radius 2 is 1.12 bits per heavy atom. The van der Waals surface area contributed by atoms with E-state index >= 15 is 0 Å². The van der Waals surface area contributed by atoms with Gasteiger partial charge in [0.2, 0.25) is 0 Å². The number of carbonyl (C=O) groups is 1. The molecule has 4 aromatic carbocycles. The summed E-state index contributed by atoms with van der Waals surface area (Å²) in [6, 6.07) is 23.3. The van der Waals surface area contributed by atoms with Crippen molar-refractivity contribution in [2.45, 2.75) is 84.0 Å². The smallest absolute Gasteiger partial charge is 0.343 e. The summed E-state index contributed by atoms with van der Waals surface area (Å²) in [5.74, 6) is -1.55. The predicted molar refractivity (Wildman–Crippen MR) is 186 cm³/mol. The zero-order chi connectivity index (χ0) is 33.8. The first-order valence-electron chi connectivity index (χ1n) is 16.9. The van der Waals surface area contributed by atoms with Gasteiger partial charge in [0.15, 0.2) is 17.4 Å². The summed E-state index contributed by atoms with van der Waals surface area (Å²) in [6.45, 7) is 2.96. The molecular formula is C39H44F2N4O3. The second-order valence-electron chi connectivity index (χ2n) is 11.6. The van der Waals surface area contributed by atoms with Crippen LogP contribution in [0, 0.1) is 11.6 Å². The van der Waals surface area contributed by atoms with Gasteiger partial charge in [0.25, 0.3) is 0 Å². The molecule has 0 atom stereocenters. The van der Waals surface area contributed by atoms with E-state index in [0.29, 0.717) is 18.0 Å². The number of hydrogen-bond donors (Lipinski definition) is 0. The topological polar surface area (TPSA) is 85.0 Å². The van der Waals surface area contributed by atoms with Crippen LogP contribution in [0.25, 0.3) is 0 Å². The highest BCUT2D eigenvalue weighted by molar-refractivity contribution is 5.91. The molecule has 0 saturated carbocycles. The Balaban J connectivity index is 1.14. The van der Waals surface area contributed by atoms with Gasteiger partial charge < -0.3 is 9.47 Å². The number of hydrogen-bond acceptors (Lipinski definition) is 7. The van der Waals surface area contributed by atoms with Crippen LogP contribution in [0.1, 0.15) is 94.3 Å². The lowest BCUT2D eigenvalue weighted by Gasteiger charge is -2.06. The predicted octanol–water partition coefficient (Wildman–Crippen LogP) is 13.1. The molecule has 0 spiro atoms. The minimum Gasteiger partial charge on any atom is -0.494 e. The van der Waals surface area contributed by atoms with Crippen molar-refractivity contribution >= 4 is 28.7 Å². The molecule has 0 bridgehead atoms. The van der Waals surface area contributed by atoms with Crippen molar-refractivity contribution in [3.05, 3.63) is 108 Å². The van der Waals surface area contributed by atoms with Crippen LogP contribution in [0.4, 0.5) is 31.5 Å². The minimum absolute atomic E-state index is 0.0271. The summed E-state index contributed by atoms with van der Waals surface area (Å²) in [4.78, 5) is 12.6. The fourth-order valence-corrected chi connectivity index (χ4v) is 4.96. The third kappa shape index (κ3) is 12.8. The summed E-state index contributed by atoms with van der Waals surface area (Å²) in [6.07, 6.45) is 15.8. The average molecular weight is 655 g/mol. The molecular weight excluding hydrogens is 610 g/mol. The number of carbonyl (C=O) groups excluding carboxylic acids is 1. The molecule has 4 rings (SSSR count). The normalized spacial score (nSPS) is 11.4. The van der Waals surface area contributed by atoms with Crippen LogP contribution in [0.5, 0.6) is 11.5 Å². The second-order valence-corrected chi connectivity index (χ2v) is 11.6. The number of esters is 1.